The summed E-state index contributed by atoms with van der Waals surface area (Å²) in [4.78, 5) is 11.7. The molecule has 1 saturated heterocycles. The number of carbonyl (C=O) groups excluding carboxylic acids is 1. The zero-order chi connectivity index (χ0) is 15.3. The van der Waals surface area contributed by atoms with Gasteiger partial charge in [0.2, 0.25) is 5.91 Å². The maximum atomic E-state index is 12.4. The topological polar surface area (TPSA) is 41.1 Å². The van der Waals surface area contributed by atoms with Gasteiger partial charge in [0, 0.05) is 12.6 Å². The molecule has 0 spiro atoms. The van der Waals surface area contributed by atoms with Crippen LogP contribution in [0.2, 0.25) is 0 Å². The molecule has 1 heterocycles. The van der Waals surface area contributed by atoms with Crippen molar-refractivity contribution in [2.45, 2.75) is 37.9 Å². The van der Waals surface area contributed by atoms with Gasteiger partial charge in [-0.3, -0.25) is 4.79 Å². The number of hydrogen-bond donors (Lipinski definition) is 2. The molecular weight excluding hydrogens is 281 g/mol. The molecule has 1 aliphatic rings. The molecule has 0 unspecified atom stereocenters. The molecule has 1 atom stereocenters. The van der Waals surface area contributed by atoms with E-state index in [0.717, 1.165) is 31.5 Å². The lowest BCUT2D eigenvalue weighted by atomic mass is 10.1. The minimum absolute atomic E-state index is 0.107. The van der Waals surface area contributed by atoms with Crippen molar-refractivity contribution in [3.05, 3.63) is 35.4 Å². The first-order chi connectivity index (χ1) is 9.95. The van der Waals surface area contributed by atoms with Crippen LogP contribution in [0.3, 0.4) is 0 Å². The second kappa shape index (κ2) is 6.93. The number of nitrogens with one attached hydrogen (secondary N) is 2. The van der Waals surface area contributed by atoms with Crippen LogP contribution in [-0.4, -0.2) is 25.0 Å². The Labute approximate surface area is 121 Å². The minimum atomic E-state index is -4.34. The third-order valence-corrected chi connectivity index (χ3v) is 3.62. The molecule has 0 bridgehead atoms. The van der Waals surface area contributed by atoms with Crippen molar-refractivity contribution < 1.29 is 18.0 Å². The molecule has 0 radical (unpaired) electrons. The monoisotopic (exact) mass is 300 g/mol. The van der Waals surface area contributed by atoms with Crippen molar-refractivity contribution in [1.29, 1.82) is 0 Å². The summed E-state index contributed by atoms with van der Waals surface area (Å²) in [6, 6.07) is 5.18. The average Bonchev–Trinajstić information content (AvgIpc) is 2.91. The molecule has 0 aliphatic carbocycles. The quantitative estimate of drug-likeness (QED) is 0.877. The van der Waals surface area contributed by atoms with Gasteiger partial charge in [0.25, 0.3) is 0 Å². The molecule has 1 aliphatic heterocycles. The molecule has 0 saturated carbocycles. The molecule has 116 valence electrons. The van der Waals surface area contributed by atoms with E-state index < -0.39 is 11.7 Å². The molecule has 1 amide bonds. The predicted molar refractivity (Wildman–Crippen MR) is 73.8 cm³/mol. The van der Waals surface area contributed by atoms with Gasteiger partial charge in [-0.1, -0.05) is 12.1 Å². The molecule has 1 aromatic carbocycles. The van der Waals surface area contributed by atoms with Crippen molar-refractivity contribution in [2.75, 3.05) is 13.1 Å². The van der Waals surface area contributed by atoms with Crippen LogP contribution in [0.15, 0.2) is 24.3 Å². The van der Waals surface area contributed by atoms with Crippen molar-refractivity contribution in [1.82, 2.24) is 10.6 Å². The van der Waals surface area contributed by atoms with Crippen LogP contribution in [0.1, 0.15) is 30.4 Å². The smallest absolute Gasteiger partial charge is 0.356 e. The van der Waals surface area contributed by atoms with Crippen LogP contribution in [0, 0.1) is 0 Å². The van der Waals surface area contributed by atoms with Gasteiger partial charge in [0.1, 0.15) is 0 Å². The van der Waals surface area contributed by atoms with E-state index in [1.165, 1.54) is 18.6 Å². The van der Waals surface area contributed by atoms with E-state index in [1.807, 2.05) is 0 Å². The Hall–Kier alpha value is -1.56. The summed E-state index contributed by atoms with van der Waals surface area (Å²) in [6.07, 6.45) is -1.04. The lowest BCUT2D eigenvalue weighted by Gasteiger charge is -2.11. The molecule has 21 heavy (non-hydrogen) atoms. The van der Waals surface area contributed by atoms with Gasteiger partial charge in [-0.25, -0.2) is 0 Å². The van der Waals surface area contributed by atoms with Crippen LogP contribution >= 0.6 is 0 Å². The standard InChI is InChI=1S/C15H19F3N2O/c16-15(17,18)12-5-3-11(4-6-12)10-14(21)20-9-7-13-2-1-8-19-13/h3-6,13,19H,1-2,7-10H2,(H,20,21)/t13-/m1/s1. The second-order valence-corrected chi connectivity index (χ2v) is 5.30. The Morgan fingerprint density at radius 3 is 2.57 bits per heavy atom. The van der Waals surface area contributed by atoms with Crippen LogP contribution < -0.4 is 10.6 Å². The number of hydrogen-bond acceptors (Lipinski definition) is 2. The van der Waals surface area contributed by atoms with E-state index in [-0.39, 0.29) is 12.3 Å². The Morgan fingerprint density at radius 1 is 1.29 bits per heavy atom. The highest BCUT2D eigenvalue weighted by molar-refractivity contribution is 5.78. The molecule has 1 aromatic rings. The summed E-state index contributed by atoms with van der Waals surface area (Å²) in [6.45, 7) is 1.63. The minimum Gasteiger partial charge on any atom is -0.356 e. The van der Waals surface area contributed by atoms with Gasteiger partial charge < -0.3 is 10.6 Å². The highest BCUT2D eigenvalue weighted by atomic mass is 19.4. The van der Waals surface area contributed by atoms with Crippen LogP contribution in [0.25, 0.3) is 0 Å². The van der Waals surface area contributed by atoms with Crippen LogP contribution in [0.4, 0.5) is 13.2 Å². The molecule has 1 fully saturated rings. The van der Waals surface area contributed by atoms with Crippen molar-refractivity contribution >= 4 is 5.91 Å². The van der Waals surface area contributed by atoms with E-state index in [2.05, 4.69) is 10.6 Å². The Bertz CT molecular complexity index is 465. The number of rotatable bonds is 5. The maximum absolute atomic E-state index is 12.4. The Morgan fingerprint density at radius 2 is 2.00 bits per heavy atom. The van der Waals surface area contributed by atoms with Crippen molar-refractivity contribution in [3.63, 3.8) is 0 Å². The number of amides is 1. The molecule has 0 aromatic heterocycles. The SMILES string of the molecule is O=C(Cc1ccc(C(F)(F)F)cc1)NCC[C@H]1CCCN1. The molecule has 2 rings (SSSR count). The van der Waals surface area contributed by atoms with E-state index in [1.54, 1.807) is 0 Å². The summed E-state index contributed by atoms with van der Waals surface area (Å²) in [7, 11) is 0. The molecule has 3 nitrogen and oxygen atoms in total. The fourth-order valence-electron chi connectivity index (χ4n) is 2.45. The van der Waals surface area contributed by atoms with Gasteiger partial charge in [-0.15, -0.1) is 0 Å². The maximum Gasteiger partial charge on any atom is 0.416 e. The van der Waals surface area contributed by atoms with E-state index in [9.17, 15) is 18.0 Å². The lowest BCUT2D eigenvalue weighted by Crippen LogP contribution is -2.31. The first kappa shape index (κ1) is 15.8. The third-order valence-electron chi connectivity index (χ3n) is 3.62. The highest BCUT2D eigenvalue weighted by Gasteiger charge is 2.29. The lowest BCUT2D eigenvalue weighted by molar-refractivity contribution is -0.137. The Balaban J connectivity index is 1.74. The van der Waals surface area contributed by atoms with Crippen LogP contribution in [0.5, 0.6) is 0 Å². The van der Waals surface area contributed by atoms with Crippen LogP contribution in [-0.2, 0) is 17.4 Å². The fourth-order valence-corrected chi connectivity index (χ4v) is 2.45. The molecular formula is C15H19F3N2O. The number of alkyl halides is 3. The van der Waals surface area contributed by atoms with E-state index >= 15 is 0 Å². The first-order valence-electron chi connectivity index (χ1n) is 7.11. The highest BCUT2D eigenvalue weighted by Crippen LogP contribution is 2.29. The summed E-state index contributed by atoms with van der Waals surface area (Å²) in [5, 5.41) is 6.14. The normalized spacial score (nSPS) is 18.7. The fraction of sp³-hybridized carbons (Fsp3) is 0.533. The van der Waals surface area contributed by atoms with Crippen molar-refractivity contribution in [3.8, 4) is 0 Å². The summed E-state index contributed by atoms with van der Waals surface area (Å²) < 4.78 is 37.2. The Kier molecular flexibility index (Phi) is 5.22. The number of halogens is 3. The zero-order valence-electron chi connectivity index (χ0n) is 11.7. The third kappa shape index (κ3) is 5.04. The van der Waals surface area contributed by atoms with Gasteiger partial charge in [-0.05, 0) is 43.5 Å². The summed E-state index contributed by atoms with van der Waals surface area (Å²) in [5.41, 5.74) is -0.113. The average molecular weight is 300 g/mol. The van der Waals surface area contributed by atoms with Gasteiger partial charge in [0.15, 0.2) is 0 Å². The molecule has 6 heteroatoms. The first-order valence-corrected chi connectivity index (χ1v) is 7.11. The number of carbonyl (C=O) groups is 1. The summed E-state index contributed by atoms with van der Waals surface area (Å²) >= 11 is 0. The zero-order valence-corrected chi connectivity index (χ0v) is 11.7. The van der Waals surface area contributed by atoms with Gasteiger partial charge in [0.05, 0.1) is 12.0 Å². The largest absolute Gasteiger partial charge is 0.416 e. The second-order valence-electron chi connectivity index (χ2n) is 5.30. The molecule has 2 N–H and O–H groups in total. The summed E-state index contributed by atoms with van der Waals surface area (Å²) in [5.74, 6) is -0.159. The van der Waals surface area contributed by atoms with Gasteiger partial charge >= 0.3 is 6.18 Å². The van der Waals surface area contributed by atoms with Crippen molar-refractivity contribution in [2.24, 2.45) is 0 Å². The number of benzene rings is 1. The van der Waals surface area contributed by atoms with E-state index in [0.29, 0.717) is 18.2 Å². The predicted octanol–water partition coefficient (Wildman–Crippen LogP) is 2.51. The van der Waals surface area contributed by atoms with E-state index in [4.69, 9.17) is 0 Å². The van der Waals surface area contributed by atoms with Gasteiger partial charge in [-0.2, -0.15) is 13.2 Å².